The number of guanidine groups is 1. The third kappa shape index (κ3) is 4.81. The Kier molecular flexibility index (Phi) is 5.07. The zero-order valence-electron chi connectivity index (χ0n) is 11.8. The van der Waals surface area contributed by atoms with Crippen LogP contribution in [0, 0.1) is 6.92 Å². The SMILES string of the molecule is CN=C(NCCCOc1ccccc1C)NC1CC1. The summed E-state index contributed by atoms with van der Waals surface area (Å²) >= 11 is 0. The zero-order valence-corrected chi connectivity index (χ0v) is 11.8. The number of nitrogens with one attached hydrogen (secondary N) is 2. The van der Waals surface area contributed by atoms with Crippen LogP contribution in [0.15, 0.2) is 29.3 Å². The minimum absolute atomic E-state index is 0.634. The Morgan fingerprint density at radius 2 is 2.16 bits per heavy atom. The quantitative estimate of drug-likeness (QED) is 0.468. The maximum absolute atomic E-state index is 5.75. The maximum atomic E-state index is 5.75. The van der Waals surface area contributed by atoms with Crippen LogP contribution >= 0.6 is 0 Å². The molecule has 4 nitrogen and oxygen atoms in total. The molecular weight excluding hydrogens is 238 g/mol. The van der Waals surface area contributed by atoms with E-state index < -0.39 is 0 Å². The molecule has 0 spiro atoms. The van der Waals surface area contributed by atoms with E-state index in [4.69, 9.17) is 4.74 Å². The highest BCUT2D eigenvalue weighted by Crippen LogP contribution is 2.18. The molecule has 104 valence electrons. The van der Waals surface area contributed by atoms with Gasteiger partial charge >= 0.3 is 0 Å². The molecule has 1 aliphatic rings. The topological polar surface area (TPSA) is 45.7 Å². The summed E-state index contributed by atoms with van der Waals surface area (Å²) in [6, 6.07) is 8.74. The van der Waals surface area contributed by atoms with Crippen LogP contribution in [0.4, 0.5) is 0 Å². The molecular formula is C15H23N3O. The summed E-state index contributed by atoms with van der Waals surface area (Å²) in [5.41, 5.74) is 1.18. The Labute approximate surface area is 115 Å². The van der Waals surface area contributed by atoms with Crippen LogP contribution in [-0.2, 0) is 0 Å². The first-order valence-corrected chi connectivity index (χ1v) is 6.95. The number of rotatable bonds is 6. The first kappa shape index (κ1) is 13.7. The lowest BCUT2D eigenvalue weighted by Crippen LogP contribution is -2.39. The lowest BCUT2D eigenvalue weighted by atomic mass is 10.2. The summed E-state index contributed by atoms with van der Waals surface area (Å²) in [6.07, 6.45) is 3.48. The first-order chi connectivity index (χ1) is 9.29. The number of hydrogen-bond donors (Lipinski definition) is 2. The predicted octanol–water partition coefficient (Wildman–Crippen LogP) is 2.09. The van der Waals surface area contributed by atoms with Crippen molar-refractivity contribution in [2.24, 2.45) is 4.99 Å². The van der Waals surface area contributed by atoms with E-state index in [-0.39, 0.29) is 0 Å². The van der Waals surface area contributed by atoms with Gasteiger partial charge in [0, 0.05) is 19.6 Å². The molecule has 1 aromatic rings. The molecule has 0 aliphatic heterocycles. The number of benzene rings is 1. The Hall–Kier alpha value is -1.71. The van der Waals surface area contributed by atoms with E-state index in [1.54, 1.807) is 0 Å². The highest BCUT2D eigenvalue weighted by Gasteiger charge is 2.21. The Balaban J connectivity index is 1.60. The molecule has 0 aromatic heterocycles. The van der Waals surface area contributed by atoms with Crippen molar-refractivity contribution in [1.82, 2.24) is 10.6 Å². The Bertz CT molecular complexity index is 427. The van der Waals surface area contributed by atoms with Crippen molar-refractivity contribution in [3.8, 4) is 5.75 Å². The number of nitrogens with zero attached hydrogens (tertiary/aromatic N) is 1. The van der Waals surface area contributed by atoms with Gasteiger partial charge in [-0.3, -0.25) is 4.99 Å². The smallest absolute Gasteiger partial charge is 0.191 e. The van der Waals surface area contributed by atoms with Gasteiger partial charge in [-0.15, -0.1) is 0 Å². The molecule has 0 amide bonds. The zero-order chi connectivity index (χ0) is 13.5. The molecule has 0 atom stereocenters. The third-order valence-corrected chi connectivity index (χ3v) is 3.11. The van der Waals surface area contributed by atoms with Crippen LogP contribution in [0.2, 0.25) is 0 Å². The summed E-state index contributed by atoms with van der Waals surface area (Å²) in [7, 11) is 1.81. The summed E-state index contributed by atoms with van der Waals surface area (Å²) in [4.78, 5) is 4.19. The summed E-state index contributed by atoms with van der Waals surface area (Å²) in [5.74, 6) is 1.88. The predicted molar refractivity (Wildman–Crippen MR) is 78.8 cm³/mol. The second-order valence-corrected chi connectivity index (χ2v) is 4.89. The fourth-order valence-corrected chi connectivity index (χ4v) is 1.80. The molecule has 0 heterocycles. The van der Waals surface area contributed by atoms with Crippen molar-refractivity contribution in [2.75, 3.05) is 20.2 Å². The highest BCUT2D eigenvalue weighted by molar-refractivity contribution is 5.80. The van der Waals surface area contributed by atoms with Crippen molar-refractivity contribution in [3.05, 3.63) is 29.8 Å². The fraction of sp³-hybridized carbons (Fsp3) is 0.533. The molecule has 2 rings (SSSR count). The van der Waals surface area contributed by atoms with Gasteiger partial charge in [0.15, 0.2) is 5.96 Å². The Morgan fingerprint density at radius 1 is 1.37 bits per heavy atom. The standard InChI is InChI=1S/C15H23N3O/c1-12-6-3-4-7-14(12)19-11-5-10-17-15(16-2)18-13-8-9-13/h3-4,6-7,13H,5,8-11H2,1-2H3,(H2,16,17,18). The van der Waals surface area contributed by atoms with Crippen molar-refractivity contribution >= 4 is 5.96 Å². The molecule has 1 saturated carbocycles. The fourth-order valence-electron chi connectivity index (χ4n) is 1.80. The average Bonchev–Trinajstić information content (AvgIpc) is 3.23. The highest BCUT2D eigenvalue weighted by atomic mass is 16.5. The monoisotopic (exact) mass is 261 g/mol. The molecule has 1 aromatic carbocycles. The van der Waals surface area contributed by atoms with E-state index >= 15 is 0 Å². The van der Waals surface area contributed by atoms with Gasteiger partial charge in [-0.2, -0.15) is 0 Å². The van der Waals surface area contributed by atoms with E-state index in [1.807, 2.05) is 25.2 Å². The number of hydrogen-bond acceptors (Lipinski definition) is 2. The van der Waals surface area contributed by atoms with Crippen molar-refractivity contribution < 1.29 is 4.74 Å². The van der Waals surface area contributed by atoms with Gasteiger partial charge in [-0.25, -0.2) is 0 Å². The summed E-state index contributed by atoms with van der Waals surface area (Å²) in [5, 5.41) is 6.66. The molecule has 4 heteroatoms. The molecule has 1 aliphatic carbocycles. The summed E-state index contributed by atoms with van der Waals surface area (Å²) < 4.78 is 5.75. The average molecular weight is 261 g/mol. The van der Waals surface area contributed by atoms with Gasteiger partial charge in [-0.05, 0) is 37.8 Å². The second kappa shape index (κ2) is 7.02. The van der Waals surface area contributed by atoms with Gasteiger partial charge < -0.3 is 15.4 Å². The van der Waals surface area contributed by atoms with Crippen molar-refractivity contribution in [1.29, 1.82) is 0 Å². The molecule has 19 heavy (non-hydrogen) atoms. The van der Waals surface area contributed by atoms with E-state index in [1.165, 1.54) is 18.4 Å². The minimum atomic E-state index is 0.634. The van der Waals surface area contributed by atoms with E-state index in [0.29, 0.717) is 6.04 Å². The molecule has 0 unspecified atom stereocenters. The first-order valence-electron chi connectivity index (χ1n) is 6.95. The number of aryl methyl sites for hydroxylation is 1. The van der Waals surface area contributed by atoms with E-state index in [0.717, 1.165) is 31.3 Å². The van der Waals surface area contributed by atoms with E-state index in [2.05, 4.69) is 28.6 Å². The van der Waals surface area contributed by atoms with Gasteiger partial charge in [0.2, 0.25) is 0 Å². The van der Waals surface area contributed by atoms with Gasteiger partial charge in [-0.1, -0.05) is 18.2 Å². The Morgan fingerprint density at radius 3 is 2.84 bits per heavy atom. The van der Waals surface area contributed by atoms with Crippen LogP contribution in [0.3, 0.4) is 0 Å². The van der Waals surface area contributed by atoms with E-state index in [9.17, 15) is 0 Å². The van der Waals surface area contributed by atoms with Gasteiger partial charge in [0.1, 0.15) is 5.75 Å². The van der Waals surface area contributed by atoms with Crippen molar-refractivity contribution in [3.63, 3.8) is 0 Å². The van der Waals surface area contributed by atoms with Crippen LogP contribution in [0.1, 0.15) is 24.8 Å². The van der Waals surface area contributed by atoms with Crippen molar-refractivity contribution in [2.45, 2.75) is 32.2 Å². The molecule has 0 radical (unpaired) electrons. The second-order valence-electron chi connectivity index (χ2n) is 4.89. The molecule has 0 bridgehead atoms. The molecule has 2 N–H and O–H groups in total. The third-order valence-electron chi connectivity index (χ3n) is 3.11. The normalized spacial score (nSPS) is 15.2. The lowest BCUT2D eigenvalue weighted by molar-refractivity contribution is 0.309. The minimum Gasteiger partial charge on any atom is -0.493 e. The lowest BCUT2D eigenvalue weighted by Gasteiger charge is -2.12. The van der Waals surface area contributed by atoms with Crippen LogP contribution in [0.5, 0.6) is 5.75 Å². The molecule has 0 saturated heterocycles. The van der Waals surface area contributed by atoms with Crippen LogP contribution in [-0.4, -0.2) is 32.2 Å². The number of para-hydroxylation sites is 1. The van der Waals surface area contributed by atoms with Gasteiger partial charge in [0.05, 0.1) is 6.61 Å². The van der Waals surface area contributed by atoms with Gasteiger partial charge in [0.25, 0.3) is 0 Å². The number of aliphatic imine (C=N–C) groups is 1. The van der Waals surface area contributed by atoms with Crippen LogP contribution in [0.25, 0.3) is 0 Å². The summed E-state index contributed by atoms with van der Waals surface area (Å²) in [6.45, 7) is 3.66. The molecule has 1 fully saturated rings. The van der Waals surface area contributed by atoms with Crippen LogP contribution < -0.4 is 15.4 Å². The number of ether oxygens (including phenoxy) is 1. The largest absolute Gasteiger partial charge is 0.493 e. The maximum Gasteiger partial charge on any atom is 0.191 e.